The summed E-state index contributed by atoms with van der Waals surface area (Å²) >= 11 is 0. The van der Waals surface area contributed by atoms with Crippen LogP contribution in [0.3, 0.4) is 0 Å². The Morgan fingerprint density at radius 1 is 0.862 bits per heavy atom. The van der Waals surface area contributed by atoms with Gasteiger partial charge in [0.25, 0.3) is 0 Å². The molecular formula is C24H23NO4. The van der Waals surface area contributed by atoms with Gasteiger partial charge in [-0.2, -0.15) is 0 Å². The molecule has 0 bridgehead atoms. The number of para-hydroxylation sites is 2. The molecule has 0 aromatic heterocycles. The summed E-state index contributed by atoms with van der Waals surface area (Å²) in [6.45, 7) is 3.75. The van der Waals surface area contributed by atoms with E-state index >= 15 is 0 Å². The fourth-order valence-electron chi connectivity index (χ4n) is 2.65. The number of nitrogens with one attached hydrogen (secondary N) is 1. The number of ketones is 1. The van der Waals surface area contributed by atoms with Crippen LogP contribution in [-0.4, -0.2) is 18.3 Å². The van der Waals surface area contributed by atoms with Gasteiger partial charge in [-0.25, -0.2) is 0 Å². The summed E-state index contributed by atoms with van der Waals surface area (Å²) in [6.07, 6.45) is 0.188. The third-order valence-corrected chi connectivity index (χ3v) is 4.27. The van der Waals surface area contributed by atoms with Gasteiger partial charge in [0.05, 0.1) is 18.7 Å². The van der Waals surface area contributed by atoms with Crippen LogP contribution < -0.4 is 14.8 Å². The monoisotopic (exact) mass is 389 g/mol. The molecule has 0 fully saturated rings. The first-order valence-corrected chi connectivity index (χ1v) is 9.38. The molecule has 0 unspecified atom stereocenters. The third kappa shape index (κ3) is 5.94. The number of benzene rings is 3. The summed E-state index contributed by atoms with van der Waals surface area (Å²) < 4.78 is 11.5. The molecule has 148 valence electrons. The third-order valence-electron chi connectivity index (χ3n) is 4.27. The van der Waals surface area contributed by atoms with Gasteiger partial charge in [-0.15, -0.1) is 0 Å². The number of carbonyl (C=O) groups is 2. The Morgan fingerprint density at radius 2 is 1.52 bits per heavy atom. The summed E-state index contributed by atoms with van der Waals surface area (Å²) in [5.41, 5.74) is 2.37. The van der Waals surface area contributed by atoms with Crippen LogP contribution in [-0.2, 0) is 4.79 Å². The number of aryl methyl sites for hydroxylation is 1. The average Bonchev–Trinajstić information content (AvgIpc) is 2.71. The SMILES string of the molecule is CC(=O)c1ccc(OCCC(=O)Nc2ccccc2Oc2ccc(C)cc2)cc1. The minimum atomic E-state index is -0.176. The second kappa shape index (κ2) is 9.55. The van der Waals surface area contributed by atoms with E-state index in [0.717, 1.165) is 5.56 Å². The van der Waals surface area contributed by atoms with Gasteiger partial charge in [-0.1, -0.05) is 29.8 Å². The number of rotatable bonds is 8. The van der Waals surface area contributed by atoms with E-state index in [1.807, 2.05) is 49.4 Å². The normalized spacial score (nSPS) is 10.3. The van der Waals surface area contributed by atoms with Crippen LogP contribution in [0, 0.1) is 6.92 Å². The summed E-state index contributed by atoms with van der Waals surface area (Å²) in [4.78, 5) is 23.6. The number of Topliss-reactive ketones (excluding diaryl/α,β-unsaturated/α-hetero) is 1. The molecule has 1 amide bonds. The van der Waals surface area contributed by atoms with Crippen LogP contribution >= 0.6 is 0 Å². The quantitative estimate of drug-likeness (QED) is 0.524. The fraction of sp³-hybridized carbons (Fsp3) is 0.167. The lowest BCUT2D eigenvalue weighted by Gasteiger charge is -2.13. The maximum absolute atomic E-state index is 12.3. The van der Waals surface area contributed by atoms with Crippen molar-refractivity contribution >= 4 is 17.4 Å². The van der Waals surface area contributed by atoms with E-state index in [9.17, 15) is 9.59 Å². The maximum atomic E-state index is 12.3. The van der Waals surface area contributed by atoms with Crippen molar-refractivity contribution in [2.45, 2.75) is 20.3 Å². The van der Waals surface area contributed by atoms with E-state index in [1.54, 1.807) is 30.3 Å². The van der Waals surface area contributed by atoms with Gasteiger partial charge in [0.2, 0.25) is 5.91 Å². The Morgan fingerprint density at radius 3 is 2.21 bits per heavy atom. The number of hydrogen-bond donors (Lipinski definition) is 1. The molecule has 29 heavy (non-hydrogen) atoms. The van der Waals surface area contributed by atoms with Gasteiger partial charge in [0.15, 0.2) is 11.5 Å². The summed E-state index contributed by atoms with van der Waals surface area (Å²) in [5.74, 6) is 1.72. The molecule has 0 radical (unpaired) electrons. The molecule has 0 spiro atoms. The van der Waals surface area contributed by atoms with E-state index in [-0.39, 0.29) is 24.7 Å². The lowest BCUT2D eigenvalue weighted by Crippen LogP contribution is -2.15. The Labute approximate surface area is 170 Å². The number of ether oxygens (including phenoxy) is 2. The smallest absolute Gasteiger partial charge is 0.227 e. The van der Waals surface area contributed by atoms with Crippen molar-refractivity contribution in [1.29, 1.82) is 0 Å². The number of carbonyl (C=O) groups excluding carboxylic acids is 2. The lowest BCUT2D eigenvalue weighted by atomic mass is 10.1. The molecule has 0 saturated carbocycles. The van der Waals surface area contributed by atoms with Crippen LogP contribution in [0.1, 0.15) is 29.3 Å². The molecule has 3 aromatic rings. The largest absolute Gasteiger partial charge is 0.493 e. The zero-order valence-electron chi connectivity index (χ0n) is 16.5. The van der Waals surface area contributed by atoms with Crippen molar-refractivity contribution in [3.8, 4) is 17.2 Å². The zero-order chi connectivity index (χ0) is 20.6. The van der Waals surface area contributed by atoms with Crippen LogP contribution in [0.25, 0.3) is 0 Å². The van der Waals surface area contributed by atoms with E-state index < -0.39 is 0 Å². The van der Waals surface area contributed by atoms with Crippen molar-refractivity contribution in [2.24, 2.45) is 0 Å². The van der Waals surface area contributed by atoms with Crippen LogP contribution in [0.2, 0.25) is 0 Å². The van der Waals surface area contributed by atoms with Crippen LogP contribution in [0.4, 0.5) is 5.69 Å². The van der Waals surface area contributed by atoms with Crippen molar-refractivity contribution in [3.05, 3.63) is 83.9 Å². The van der Waals surface area contributed by atoms with E-state index in [4.69, 9.17) is 9.47 Å². The molecule has 0 aliphatic carbocycles. The van der Waals surface area contributed by atoms with E-state index in [1.165, 1.54) is 6.92 Å². The van der Waals surface area contributed by atoms with Gasteiger partial charge in [-0.3, -0.25) is 9.59 Å². The molecule has 3 rings (SSSR count). The van der Waals surface area contributed by atoms with E-state index in [0.29, 0.717) is 28.5 Å². The highest BCUT2D eigenvalue weighted by Crippen LogP contribution is 2.29. The van der Waals surface area contributed by atoms with Crippen molar-refractivity contribution in [2.75, 3.05) is 11.9 Å². The first kappa shape index (κ1) is 20.1. The fourth-order valence-corrected chi connectivity index (χ4v) is 2.65. The van der Waals surface area contributed by atoms with Gasteiger partial charge < -0.3 is 14.8 Å². The highest BCUT2D eigenvalue weighted by atomic mass is 16.5. The Hall–Kier alpha value is -3.60. The highest BCUT2D eigenvalue weighted by molar-refractivity contribution is 5.94. The summed E-state index contributed by atoms with van der Waals surface area (Å²) in [5, 5.41) is 2.86. The summed E-state index contributed by atoms with van der Waals surface area (Å²) in [7, 11) is 0. The molecular weight excluding hydrogens is 366 g/mol. The van der Waals surface area contributed by atoms with Crippen LogP contribution in [0.15, 0.2) is 72.8 Å². The van der Waals surface area contributed by atoms with Crippen molar-refractivity contribution in [1.82, 2.24) is 0 Å². The highest BCUT2D eigenvalue weighted by Gasteiger charge is 2.09. The predicted octanol–water partition coefficient (Wildman–Crippen LogP) is 5.40. The number of anilines is 1. The molecule has 1 N–H and O–H groups in total. The van der Waals surface area contributed by atoms with E-state index in [2.05, 4.69) is 5.32 Å². The minimum Gasteiger partial charge on any atom is -0.493 e. The molecule has 0 aliphatic heterocycles. The maximum Gasteiger partial charge on any atom is 0.227 e. The van der Waals surface area contributed by atoms with Gasteiger partial charge in [0, 0.05) is 5.56 Å². The number of amides is 1. The molecule has 0 atom stereocenters. The summed E-state index contributed by atoms with van der Waals surface area (Å²) in [6, 6.07) is 21.9. The predicted molar refractivity (Wildman–Crippen MR) is 113 cm³/mol. The molecule has 5 nitrogen and oxygen atoms in total. The average molecular weight is 389 g/mol. The molecule has 0 saturated heterocycles. The topological polar surface area (TPSA) is 64.6 Å². The minimum absolute atomic E-state index is 0.00227. The molecule has 5 heteroatoms. The first-order valence-electron chi connectivity index (χ1n) is 9.38. The van der Waals surface area contributed by atoms with Crippen molar-refractivity contribution in [3.63, 3.8) is 0 Å². The van der Waals surface area contributed by atoms with Gasteiger partial charge in [-0.05, 0) is 62.4 Å². The lowest BCUT2D eigenvalue weighted by molar-refractivity contribution is -0.116. The Kier molecular flexibility index (Phi) is 6.63. The standard InChI is InChI=1S/C24H23NO4/c1-17-7-11-21(12-8-17)29-23-6-4-3-5-22(23)25-24(27)15-16-28-20-13-9-19(10-14-20)18(2)26/h3-14H,15-16H2,1-2H3,(H,25,27). The van der Waals surface area contributed by atoms with Gasteiger partial charge >= 0.3 is 0 Å². The Bertz CT molecular complexity index is 979. The second-order valence-electron chi connectivity index (χ2n) is 6.64. The van der Waals surface area contributed by atoms with Gasteiger partial charge in [0.1, 0.15) is 11.5 Å². The van der Waals surface area contributed by atoms with Crippen molar-refractivity contribution < 1.29 is 19.1 Å². The molecule has 0 heterocycles. The first-order chi connectivity index (χ1) is 14.0. The Balaban J connectivity index is 1.54. The second-order valence-corrected chi connectivity index (χ2v) is 6.64. The zero-order valence-corrected chi connectivity index (χ0v) is 16.5. The van der Waals surface area contributed by atoms with Crippen LogP contribution in [0.5, 0.6) is 17.2 Å². The number of hydrogen-bond acceptors (Lipinski definition) is 4. The molecule has 0 aliphatic rings. The molecule has 3 aromatic carbocycles.